The van der Waals surface area contributed by atoms with Crippen molar-refractivity contribution in [3.63, 3.8) is 0 Å². The maximum absolute atomic E-state index is 14.1. The molecule has 1 heterocycles. The number of nitrogens with one attached hydrogen (secondary N) is 1. The number of rotatable bonds is 6. The van der Waals surface area contributed by atoms with Crippen LogP contribution in [0.3, 0.4) is 0 Å². The van der Waals surface area contributed by atoms with Gasteiger partial charge in [-0.05, 0) is 47.9 Å². The quantitative estimate of drug-likeness (QED) is 0.467. The molecule has 5 nitrogen and oxygen atoms in total. The third-order valence-corrected chi connectivity index (χ3v) is 5.92. The first-order valence-electron chi connectivity index (χ1n) is 10.9. The Morgan fingerprint density at radius 3 is 2.50 bits per heavy atom. The number of halogens is 2. The smallest absolute Gasteiger partial charge is 0.337 e. The van der Waals surface area contributed by atoms with E-state index in [4.69, 9.17) is 21.3 Å². The van der Waals surface area contributed by atoms with Crippen LogP contribution in [0.1, 0.15) is 29.7 Å². The molecule has 1 aliphatic rings. The zero-order chi connectivity index (χ0) is 24.1. The van der Waals surface area contributed by atoms with E-state index < -0.39 is 12.0 Å². The SMILES string of the molecule is COC(=O)C1=C(C)N(Cc2ccccc2)C(=NCc2cccc(Cl)c2)N[C@H]1c1cccc(F)c1. The van der Waals surface area contributed by atoms with E-state index in [-0.39, 0.29) is 5.82 Å². The fraction of sp³-hybridized carbons (Fsp3) is 0.185. The molecule has 0 unspecified atom stereocenters. The number of allylic oxidation sites excluding steroid dienone is 1. The second-order valence-electron chi connectivity index (χ2n) is 7.96. The van der Waals surface area contributed by atoms with Gasteiger partial charge in [-0.25, -0.2) is 14.2 Å². The van der Waals surface area contributed by atoms with Crippen molar-refractivity contribution < 1.29 is 13.9 Å². The van der Waals surface area contributed by atoms with Crippen LogP contribution in [-0.4, -0.2) is 23.9 Å². The van der Waals surface area contributed by atoms with Crippen LogP contribution in [0, 0.1) is 5.82 Å². The summed E-state index contributed by atoms with van der Waals surface area (Å²) in [6, 6.07) is 23.0. The molecule has 0 saturated carbocycles. The number of carbonyl (C=O) groups is 1. The fourth-order valence-corrected chi connectivity index (χ4v) is 4.21. The van der Waals surface area contributed by atoms with Gasteiger partial charge in [0.1, 0.15) is 5.82 Å². The van der Waals surface area contributed by atoms with Gasteiger partial charge < -0.3 is 15.0 Å². The summed E-state index contributed by atoms with van der Waals surface area (Å²) in [4.78, 5) is 19.7. The number of guanidine groups is 1. The van der Waals surface area contributed by atoms with Crippen LogP contribution in [-0.2, 0) is 22.6 Å². The van der Waals surface area contributed by atoms with Crippen LogP contribution in [0.5, 0.6) is 0 Å². The lowest BCUT2D eigenvalue weighted by molar-refractivity contribution is -0.136. The van der Waals surface area contributed by atoms with Crippen LogP contribution in [0.4, 0.5) is 4.39 Å². The van der Waals surface area contributed by atoms with Crippen molar-refractivity contribution in [2.75, 3.05) is 7.11 Å². The molecule has 7 heteroatoms. The standard InChI is InChI=1S/C27H25ClFN3O2/c1-18-24(26(33)34-2)25(21-11-7-13-23(29)15-21)31-27(30-16-20-10-6-12-22(28)14-20)32(18)17-19-8-4-3-5-9-19/h3-15,25H,16-17H2,1-2H3,(H,30,31)/t25-/m0/s1. The van der Waals surface area contributed by atoms with E-state index >= 15 is 0 Å². The molecule has 0 fully saturated rings. The summed E-state index contributed by atoms with van der Waals surface area (Å²) in [6.45, 7) is 2.73. The Morgan fingerprint density at radius 2 is 1.79 bits per heavy atom. The van der Waals surface area contributed by atoms with Gasteiger partial charge in [-0.3, -0.25) is 0 Å². The van der Waals surface area contributed by atoms with Gasteiger partial charge in [-0.2, -0.15) is 0 Å². The Kier molecular flexibility index (Phi) is 7.28. The molecule has 4 rings (SSSR count). The molecule has 174 valence electrons. The highest BCUT2D eigenvalue weighted by Crippen LogP contribution is 2.32. The fourth-order valence-electron chi connectivity index (χ4n) is 4.00. The van der Waals surface area contributed by atoms with Gasteiger partial charge in [0.15, 0.2) is 5.96 Å². The largest absolute Gasteiger partial charge is 0.466 e. The Hall–Kier alpha value is -3.64. The summed E-state index contributed by atoms with van der Waals surface area (Å²) in [5.74, 6) is -0.292. The lowest BCUT2D eigenvalue weighted by atomic mass is 9.94. The molecule has 3 aromatic carbocycles. The number of aliphatic imine (C=N–C) groups is 1. The first-order chi connectivity index (χ1) is 16.5. The highest BCUT2D eigenvalue weighted by Gasteiger charge is 2.35. The number of hydrogen-bond donors (Lipinski definition) is 1. The summed E-state index contributed by atoms with van der Waals surface area (Å²) in [6.07, 6.45) is 0. The van der Waals surface area contributed by atoms with Crippen LogP contribution in [0.25, 0.3) is 0 Å². The van der Waals surface area contributed by atoms with Crippen molar-refractivity contribution in [2.45, 2.75) is 26.1 Å². The van der Waals surface area contributed by atoms with Crippen molar-refractivity contribution >= 4 is 23.5 Å². The number of ether oxygens (including phenoxy) is 1. The summed E-state index contributed by atoms with van der Waals surface area (Å²) in [7, 11) is 1.34. The number of carbonyl (C=O) groups excluding carboxylic acids is 1. The maximum Gasteiger partial charge on any atom is 0.337 e. The van der Waals surface area contributed by atoms with Crippen molar-refractivity contribution in [3.8, 4) is 0 Å². The third-order valence-electron chi connectivity index (χ3n) is 5.68. The normalized spacial score (nSPS) is 17.0. The molecule has 1 N–H and O–H groups in total. The summed E-state index contributed by atoms with van der Waals surface area (Å²) >= 11 is 6.14. The molecule has 0 radical (unpaired) electrons. The molecule has 0 aliphatic carbocycles. The van der Waals surface area contributed by atoms with Crippen LogP contribution >= 0.6 is 11.6 Å². The number of nitrogens with zero attached hydrogens (tertiary/aromatic N) is 2. The predicted molar refractivity (Wildman–Crippen MR) is 132 cm³/mol. The number of hydrogen-bond acceptors (Lipinski definition) is 3. The monoisotopic (exact) mass is 477 g/mol. The average molecular weight is 478 g/mol. The molecule has 0 saturated heterocycles. The van der Waals surface area contributed by atoms with Gasteiger partial charge in [0, 0.05) is 10.7 Å². The molecule has 0 spiro atoms. The number of benzene rings is 3. The highest BCUT2D eigenvalue weighted by atomic mass is 35.5. The third kappa shape index (κ3) is 5.29. The molecule has 3 aromatic rings. The van der Waals surface area contributed by atoms with Gasteiger partial charge in [-0.1, -0.05) is 66.2 Å². The van der Waals surface area contributed by atoms with Crippen LogP contribution in [0.15, 0.2) is 95.1 Å². The maximum atomic E-state index is 14.1. The Bertz CT molecular complexity index is 1240. The van der Waals surface area contributed by atoms with Gasteiger partial charge in [0.25, 0.3) is 0 Å². The zero-order valence-corrected chi connectivity index (χ0v) is 19.7. The minimum atomic E-state index is -0.617. The van der Waals surface area contributed by atoms with Gasteiger partial charge >= 0.3 is 5.97 Å². The minimum absolute atomic E-state index is 0.380. The van der Waals surface area contributed by atoms with Crippen molar-refractivity contribution in [1.82, 2.24) is 10.2 Å². The van der Waals surface area contributed by atoms with E-state index in [1.54, 1.807) is 12.1 Å². The molecule has 0 aromatic heterocycles. The zero-order valence-electron chi connectivity index (χ0n) is 19.0. The molecular formula is C27H25ClFN3O2. The van der Waals surface area contributed by atoms with Crippen LogP contribution in [0.2, 0.25) is 5.02 Å². The highest BCUT2D eigenvalue weighted by molar-refractivity contribution is 6.30. The minimum Gasteiger partial charge on any atom is -0.466 e. The molecular weight excluding hydrogens is 453 g/mol. The topological polar surface area (TPSA) is 53.9 Å². The second-order valence-corrected chi connectivity index (χ2v) is 8.40. The lowest BCUT2D eigenvalue weighted by Crippen LogP contribution is -2.48. The Balaban J connectivity index is 1.80. The molecule has 0 bridgehead atoms. The number of esters is 1. The van der Waals surface area contributed by atoms with E-state index in [9.17, 15) is 9.18 Å². The van der Waals surface area contributed by atoms with Crippen molar-refractivity contribution in [1.29, 1.82) is 0 Å². The Labute approximate surface area is 203 Å². The lowest BCUT2D eigenvalue weighted by Gasteiger charge is -2.38. The first kappa shape index (κ1) is 23.5. The summed E-state index contributed by atoms with van der Waals surface area (Å²) in [5, 5.41) is 4.00. The first-order valence-corrected chi connectivity index (χ1v) is 11.3. The van der Waals surface area contributed by atoms with E-state index in [1.807, 2.05) is 66.4 Å². The van der Waals surface area contributed by atoms with Gasteiger partial charge in [0.05, 0.1) is 31.8 Å². The van der Waals surface area contributed by atoms with Gasteiger partial charge in [0.2, 0.25) is 0 Å². The van der Waals surface area contributed by atoms with E-state index in [0.29, 0.717) is 40.9 Å². The Morgan fingerprint density at radius 1 is 1.06 bits per heavy atom. The van der Waals surface area contributed by atoms with Crippen LogP contribution < -0.4 is 5.32 Å². The summed E-state index contributed by atoms with van der Waals surface area (Å²) < 4.78 is 19.2. The molecule has 0 amide bonds. The second kappa shape index (κ2) is 10.5. The van der Waals surface area contributed by atoms with Crippen molar-refractivity contribution in [3.05, 3.63) is 118 Å². The number of methoxy groups -OCH3 is 1. The van der Waals surface area contributed by atoms with E-state index in [0.717, 1.165) is 11.1 Å². The van der Waals surface area contributed by atoms with E-state index in [1.165, 1.54) is 19.2 Å². The van der Waals surface area contributed by atoms with Gasteiger partial charge in [-0.15, -0.1) is 0 Å². The molecule has 34 heavy (non-hydrogen) atoms. The average Bonchev–Trinajstić information content (AvgIpc) is 2.84. The molecule has 1 aliphatic heterocycles. The van der Waals surface area contributed by atoms with E-state index in [2.05, 4.69) is 5.32 Å². The molecule has 1 atom stereocenters. The van der Waals surface area contributed by atoms with Crippen molar-refractivity contribution in [2.24, 2.45) is 4.99 Å². The summed E-state index contributed by atoms with van der Waals surface area (Å²) in [5.41, 5.74) is 3.70. The predicted octanol–water partition coefficient (Wildman–Crippen LogP) is 5.63.